The second-order valence-corrected chi connectivity index (χ2v) is 17.2. The predicted molar refractivity (Wildman–Crippen MR) is 175 cm³/mol. The number of nitrogens with zero attached hydrogens (tertiary/aromatic N) is 5. The molecule has 0 amide bonds. The molecule has 8 nitrogen and oxygen atoms in total. The number of aryl methyl sites for hydroxylation is 1. The SMILES string of the molecule is CCCn1c(=O)c2c(-c3noc(C4(O[Si](c5ccccc5)(c5ccccc5)C(C)(C)C)CC4)n3)ncn2c2ccc(Cl)cc21. The lowest BCUT2D eigenvalue weighted by atomic mass is 10.2. The van der Waals surface area contributed by atoms with Gasteiger partial charge < -0.3 is 13.5 Å². The summed E-state index contributed by atoms with van der Waals surface area (Å²) in [7, 11) is -2.88. The highest BCUT2D eigenvalue weighted by Gasteiger charge is 2.61. The second kappa shape index (κ2) is 10.5. The number of imidazole rings is 1. The maximum atomic E-state index is 13.9. The molecule has 0 N–H and O–H groups in total. The normalized spacial score (nSPS) is 14.8. The van der Waals surface area contributed by atoms with E-state index in [0.717, 1.165) is 30.3 Å². The van der Waals surface area contributed by atoms with Crippen LogP contribution in [0.15, 0.2) is 94.5 Å². The van der Waals surface area contributed by atoms with E-state index < -0.39 is 13.9 Å². The summed E-state index contributed by atoms with van der Waals surface area (Å²) in [4.78, 5) is 23.4. The first kappa shape index (κ1) is 28.7. The van der Waals surface area contributed by atoms with Gasteiger partial charge in [0, 0.05) is 11.6 Å². The molecule has 6 aromatic rings. The van der Waals surface area contributed by atoms with E-state index in [1.807, 2.05) is 37.3 Å². The van der Waals surface area contributed by atoms with E-state index in [0.29, 0.717) is 28.7 Å². The molecule has 1 aliphatic carbocycles. The minimum Gasteiger partial charge on any atom is -0.393 e. The summed E-state index contributed by atoms with van der Waals surface area (Å²) >= 11 is 6.32. The fourth-order valence-corrected chi connectivity index (χ4v) is 11.4. The molecule has 44 heavy (non-hydrogen) atoms. The van der Waals surface area contributed by atoms with Crippen molar-refractivity contribution in [3.63, 3.8) is 0 Å². The topological polar surface area (TPSA) is 87.5 Å². The van der Waals surface area contributed by atoms with Crippen LogP contribution in [0.3, 0.4) is 0 Å². The number of aromatic nitrogens is 5. The van der Waals surface area contributed by atoms with E-state index >= 15 is 0 Å². The maximum absolute atomic E-state index is 13.9. The fraction of sp³-hybridized carbons (Fsp3) is 0.294. The van der Waals surface area contributed by atoms with Gasteiger partial charge in [0.05, 0.1) is 11.0 Å². The van der Waals surface area contributed by atoms with Gasteiger partial charge in [0.1, 0.15) is 23.1 Å². The number of halogens is 1. The Hall–Kier alpha value is -4.05. The van der Waals surface area contributed by atoms with E-state index in [2.05, 4.69) is 79.4 Å². The average Bonchev–Trinajstić information content (AvgIpc) is 3.40. The molecule has 10 heteroatoms. The molecular weight excluding hydrogens is 590 g/mol. The van der Waals surface area contributed by atoms with Crippen LogP contribution in [0.4, 0.5) is 0 Å². The van der Waals surface area contributed by atoms with E-state index in [1.54, 1.807) is 15.3 Å². The number of benzene rings is 3. The van der Waals surface area contributed by atoms with Crippen LogP contribution in [-0.4, -0.2) is 32.4 Å². The van der Waals surface area contributed by atoms with Crippen LogP contribution in [0.1, 0.15) is 52.8 Å². The standard InChI is InChI=1S/C34H34ClN5O3Si/c1-5-20-39-27-21-23(35)16-17-26(27)40-22-36-28(29(40)31(39)41)30-37-32(42-38-30)34(18-19-34)43-44(33(2,3)4,24-12-8-6-9-13-24)25-14-10-7-11-15-25/h6-17,21-22H,5,18-20H2,1-4H3. The van der Waals surface area contributed by atoms with Crippen LogP contribution >= 0.6 is 11.6 Å². The Kier molecular flexibility index (Phi) is 6.88. The zero-order chi connectivity index (χ0) is 30.7. The van der Waals surface area contributed by atoms with Crippen LogP contribution in [-0.2, 0) is 16.6 Å². The minimum atomic E-state index is -2.88. The molecule has 1 saturated carbocycles. The lowest BCUT2D eigenvalue weighted by Gasteiger charge is -2.44. The van der Waals surface area contributed by atoms with Gasteiger partial charge in [-0.2, -0.15) is 4.98 Å². The van der Waals surface area contributed by atoms with Crippen molar-refractivity contribution >= 4 is 46.8 Å². The lowest BCUT2D eigenvalue weighted by Crippen LogP contribution is -2.67. The van der Waals surface area contributed by atoms with E-state index in [-0.39, 0.29) is 16.4 Å². The molecule has 0 bridgehead atoms. The van der Waals surface area contributed by atoms with Crippen LogP contribution in [0.5, 0.6) is 0 Å². The van der Waals surface area contributed by atoms with Gasteiger partial charge in [-0.3, -0.25) is 9.20 Å². The van der Waals surface area contributed by atoms with Gasteiger partial charge in [-0.15, -0.1) is 0 Å². The zero-order valence-corrected chi connectivity index (χ0v) is 27.0. The first-order chi connectivity index (χ1) is 21.2. The van der Waals surface area contributed by atoms with E-state index in [1.165, 1.54) is 10.4 Å². The summed E-state index contributed by atoms with van der Waals surface area (Å²) in [6.45, 7) is 9.35. The van der Waals surface area contributed by atoms with Crippen LogP contribution < -0.4 is 15.9 Å². The second-order valence-electron chi connectivity index (χ2n) is 12.6. The summed E-state index contributed by atoms with van der Waals surface area (Å²) < 4.78 is 17.0. The Balaban J connectivity index is 1.35. The monoisotopic (exact) mass is 623 g/mol. The van der Waals surface area contributed by atoms with Crippen molar-refractivity contribution < 1.29 is 8.95 Å². The molecule has 7 rings (SSSR count). The molecule has 0 radical (unpaired) electrons. The van der Waals surface area contributed by atoms with Crippen molar-refractivity contribution in [2.45, 2.75) is 64.1 Å². The molecule has 1 aliphatic rings. The van der Waals surface area contributed by atoms with Gasteiger partial charge in [0.25, 0.3) is 19.8 Å². The molecule has 3 aromatic heterocycles. The highest BCUT2D eigenvalue weighted by Crippen LogP contribution is 2.53. The first-order valence-corrected chi connectivity index (χ1v) is 17.3. The van der Waals surface area contributed by atoms with Crippen molar-refractivity contribution in [2.75, 3.05) is 0 Å². The highest BCUT2D eigenvalue weighted by atomic mass is 35.5. The summed E-state index contributed by atoms with van der Waals surface area (Å²) in [5.41, 5.74) is 1.47. The predicted octanol–water partition coefficient (Wildman–Crippen LogP) is 6.33. The molecule has 0 aliphatic heterocycles. The molecule has 0 unspecified atom stereocenters. The molecule has 3 heterocycles. The Labute approximate surface area is 261 Å². The van der Waals surface area contributed by atoms with Crippen LogP contribution in [0.25, 0.3) is 28.1 Å². The third-order valence-corrected chi connectivity index (χ3v) is 14.0. The Morgan fingerprint density at radius 2 is 1.64 bits per heavy atom. The number of rotatable bonds is 8. The van der Waals surface area contributed by atoms with Crippen molar-refractivity contribution in [3.8, 4) is 11.5 Å². The molecule has 0 spiro atoms. The molecular formula is C34H34ClN5O3Si. The van der Waals surface area contributed by atoms with Crippen molar-refractivity contribution in [1.82, 2.24) is 24.1 Å². The van der Waals surface area contributed by atoms with Gasteiger partial charge in [0.15, 0.2) is 0 Å². The highest BCUT2D eigenvalue weighted by molar-refractivity contribution is 6.99. The molecule has 3 aromatic carbocycles. The lowest BCUT2D eigenvalue weighted by molar-refractivity contribution is 0.122. The third-order valence-electron chi connectivity index (χ3n) is 8.65. The van der Waals surface area contributed by atoms with Crippen molar-refractivity contribution in [1.29, 1.82) is 0 Å². The Morgan fingerprint density at radius 3 is 2.23 bits per heavy atom. The Morgan fingerprint density at radius 1 is 0.977 bits per heavy atom. The summed E-state index contributed by atoms with van der Waals surface area (Å²) in [5, 5.41) is 7.11. The van der Waals surface area contributed by atoms with E-state index in [4.69, 9.17) is 25.5 Å². The minimum absolute atomic E-state index is 0.176. The molecule has 224 valence electrons. The van der Waals surface area contributed by atoms with Gasteiger partial charge >= 0.3 is 0 Å². The van der Waals surface area contributed by atoms with Crippen molar-refractivity contribution in [3.05, 3.63) is 106 Å². The molecule has 0 atom stereocenters. The summed E-state index contributed by atoms with van der Waals surface area (Å²) in [5.74, 6) is 0.691. The van der Waals surface area contributed by atoms with Gasteiger partial charge in [-0.25, -0.2) is 4.98 Å². The van der Waals surface area contributed by atoms with Gasteiger partial charge in [-0.05, 0) is 52.9 Å². The third kappa shape index (κ3) is 4.45. The largest absolute Gasteiger partial charge is 0.393 e. The maximum Gasteiger partial charge on any atom is 0.277 e. The summed E-state index contributed by atoms with van der Waals surface area (Å²) in [6, 6.07) is 26.6. The quantitative estimate of drug-likeness (QED) is 0.184. The average molecular weight is 624 g/mol. The van der Waals surface area contributed by atoms with E-state index in [9.17, 15) is 4.79 Å². The number of hydrogen-bond acceptors (Lipinski definition) is 6. The van der Waals surface area contributed by atoms with Crippen LogP contribution in [0, 0.1) is 0 Å². The zero-order valence-electron chi connectivity index (χ0n) is 25.3. The molecule has 1 fully saturated rings. The number of fused-ring (bicyclic) bond motifs is 3. The summed E-state index contributed by atoms with van der Waals surface area (Å²) in [6.07, 6.45) is 3.95. The van der Waals surface area contributed by atoms with Crippen molar-refractivity contribution in [2.24, 2.45) is 0 Å². The van der Waals surface area contributed by atoms with Gasteiger partial charge in [0.2, 0.25) is 5.82 Å². The van der Waals surface area contributed by atoms with Gasteiger partial charge in [-0.1, -0.05) is 105 Å². The Bertz CT molecular complexity index is 2000. The first-order valence-electron chi connectivity index (χ1n) is 15.0. The number of hydrogen-bond donors (Lipinski definition) is 0. The fourth-order valence-electron chi connectivity index (χ4n) is 6.42. The molecule has 0 saturated heterocycles. The van der Waals surface area contributed by atoms with Crippen LogP contribution in [0.2, 0.25) is 10.1 Å². The smallest absolute Gasteiger partial charge is 0.277 e.